The molecule has 6 nitrogen and oxygen atoms in total. The summed E-state index contributed by atoms with van der Waals surface area (Å²) < 4.78 is 5.46. The highest BCUT2D eigenvalue weighted by Crippen LogP contribution is 2.61. The van der Waals surface area contributed by atoms with Gasteiger partial charge in [-0.1, -0.05) is 23.8 Å². The number of benzene rings is 1. The van der Waals surface area contributed by atoms with Gasteiger partial charge in [-0.05, 0) is 101 Å². The number of carbonyl (C=O) groups is 2. The predicted octanol–water partition coefficient (Wildman–Crippen LogP) is 4.67. The summed E-state index contributed by atoms with van der Waals surface area (Å²) in [7, 11) is 0. The Morgan fingerprint density at radius 2 is 1.79 bits per heavy atom. The van der Waals surface area contributed by atoms with Crippen molar-refractivity contribution >= 4 is 12.0 Å². The Morgan fingerprint density at radius 1 is 1.15 bits per heavy atom. The van der Waals surface area contributed by atoms with Crippen LogP contribution in [0.2, 0.25) is 0 Å². The van der Waals surface area contributed by atoms with Gasteiger partial charge >= 0.3 is 12.0 Å². The summed E-state index contributed by atoms with van der Waals surface area (Å²) in [6, 6.07) is 5.66. The number of hydrogen-bond acceptors (Lipinski definition) is 4. The lowest BCUT2D eigenvalue weighted by Crippen LogP contribution is -2.56. The topological polar surface area (TPSA) is 79.5 Å². The first-order valence-electron chi connectivity index (χ1n) is 13.1. The number of carbonyl (C=O) groups excluding carboxylic acids is 2. The Bertz CT molecular complexity index is 979. The summed E-state index contributed by atoms with van der Waals surface area (Å²) in [4.78, 5) is 25.9. The van der Waals surface area contributed by atoms with E-state index in [1.165, 1.54) is 38.5 Å². The molecule has 6 rings (SSSR count). The number of ether oxygens (including phenoxy) is 1. The molecule has 0 aromatic heterocycles. The third-order valence-corrected chi connectivity index (χ3v) is 8.98. The van der Waals surface area contributed by atoms with E-state index in [0.717, 1.165) is 34.4 Å². The number of esters is 1. The molecule has 184 valence electrons. The molecule has 6 heteroatoms. The fraction of sp³-hybridized carbons (Fsp3) is 0.643. The molecule has 1 aromatic carbocycles. The first-order valence-corrected chi connectivity index (χ1v) is 13.1. The monoisotopic (exact) mass is 465 g/mol. The van der Waals surface area contributed by atoms with Gasteiger partial charge < -0.3 is 20.7 Å². The predicted molar refractivity (Wildman–Crippen MR) is 132 cm³/mol. The van der Waals surface area contributed by atoms with Crippen molar-refractivity contribution in [2.45, 2.75) is 78.3 Å². The van der Waals surface area contributed by atoms with Gasteiger partial charge in [0.1, 0.15) is 0 Å². The molecule has 0 saturated heterocycles. The molecule has 4 bridgehead atoms. The first-order chi connectivity index (χ1) is 16.3. The van der Waals surface area contributed by atoms with Crippen LogP contribution in [0.3, 0.4) is 0 Å². The van der Waals surface area contributed by atoms with Gasteiger partial charge in [-0.3, -0.25) is 0 Å². The second kappa shape index (κ2) is 9.03. The van der Waals surface area contributed by atoms with Gasteiger partial charge in [-0.2, -0.15) is 0 Å². The molecule has 1 heterocycles. The standard InChI is InChI=1S/C28H39N3O3/c1-5-34-26(32)24-23(30-27(33)31-25(24)22-8-16(2)6-7-17(22)3)15-29-18(4)28-12-19-9-20(13-28)11-21(10-19)14-28/h6-8,18-21,25,29H,5,9-15H2,1-4H3,(H2,30,31,33). The number of urea groups is 1. The SMILES string of the molecule is CCOC(=O)C1=C(CNC(C)C23CC4CC(CC(C4)C2)C3)NC(=O)NC1c1cc(C)ccc1C. The number of hydrogen-bond donors (Lipinski definition) is 3. The van der Waals surface area contributed by atoms with Crippen molar-refractivity contribution in [3.05, 3.63) is 46.2 Å². The largest absolute Gasteiger partial charge is 0.463 e. The van der Waals surface area contributed by atoms with Crippen molar-refractivity contribution in [2.75, 3.05) is 13.2 Å². The number of aryl methyl sites for hydroxylation is 2. The van der Waals surface area contributed by atoms with Crippen LogP contribution in [0.25, 0.3) is 0 Å². The van der Waals surface area contributed by atoms with Gasteiger partial charge in [-0.15, -0.1) is 0 Å². The fourth-order valence-electron chi connectivity index (χ4n) is 7.69. The van der Waals surface area contributed by atoms with Crippen LogP contribution >= 0.6 is 0 Å². The first kappa shape index (κ1) is 23.4. The van der Waals surface area contributed by atoms with E-state index >= 15 is 0 Å². The van der Waals surface area contributed by atoms with Gasteiger partial charge in [0.2, 0.25) is 0 Å². The van der Waals surface area contributed by atoms with Gasteiger partial charge in [0.25, 0.3) is 0 Å². The van der Waals surface area contributed by atoms with E-state index in [1.54, 1.807) is 0 Å². The van der Waals surface area contributed by atoms with Gasteiger partial charge in [0, 0.05) is 18.3 Å². The summed E-state index contributed by atoms with van der Waals surface area (Å²) >= 11 is 0. The van der Waals surface area contributed by atoms with E-state index in [9.17, 15) is 9.59 Å². The molecule has 4 aliphatic carbocycles. The summed E-state index contributed by atoms with van der Waals surface area (Å²) in [5, 5.41) is 9.66. The molecular weight excluding hydrogens is 426 g/mol. The molecule has 1 aromatic rings. The van der Waals surface area contributed by atoms with Crippen LogP contribution in [0.15, 0.2) is 29.5 Å². The average Bonchev–Trinajstić information content (AvgIpc) is 2.77. The maximum atomic E-state index is 13.2. The molecule has 4 saturated carbocycles. The van der Waals surface area contributed by atoms with Crippen molar-refractivity contribution in [1.29, 1.82) is 0 Å². The third kappa shape index (κ3) is 4.26. The smallest absolute Gasteiger partial charge is 0.338 e. The molecule has 2 atom stereocenters. The summed E-state index contributed by atoms with van der Waals surface area (Å²) in [5.74, 6) is 2.28. The van der Waals surface area contributed by atoms with Gasteiger partial charge in [-0.25, -0.2) is 9.59 Å². The molecule has 2 amide bonds. The highest BCUT2D eigenvalue weighted by atomic mass is 16.5. The summed E-state index contributed by atoms with van der Waals surface area (Å²) in [6.45, 7) is 8.90. The molecule has 3 N–H and O–H groups in total. The van der Waals surface area contributed by atoms with E-state index in [1.807, 2.05) is 39.0 Å². The Kier molecular flexibility index (Phi) is 6.21. The lowest BCUT2D eigenvalue weighted by molar-refractivity contribution is -0.139. The van der Waals surface area contributed by atoms with E-state index in [4.69, 9.17) is 4.74 Å². The minimum absolute atomic E-state index is 0.279. The molecule has 5 aliphatic rings. The summed E-state index contributed by atoms with van der Waals surface area (Å²) in [5.41, 5.74) is 4.54. The number of nitrogens with one attached hydrogen (secondary N) is 3. The normalized spacial score (nSPS) is 32.9. The van der Waals surface area contributed by atoms with E-state index in [0.29, 0.717) is 35.9 Å². The van der Waals surface area contributed by atoms with Crippen LogP contribution < -0.4 is 16.0 Å². The van der Waals surface area contributed by atoms with Crippen molar-refractivity contribution in [2.24, 2.45) is 23.2 Å². The molecule has 2 unspecified atom stereocenters. The van der Waals surface area contributed by atoms with Crippen molar-refractivity contribution < 1.29 is 14.3 Å². The van der Waals surface area contributed by atoms with Crippen LogP contribution in [-0.2, 0) is 9.53 Å². The summed E-state index contributed by atoms with van der Waals surface area (Å²) in [6.07, 6.45) is 8.21. The third-order valence-electron chi connectivity index (χ3n) is 8.98. The molecule has 0 spiro atoms. The lowest BCUT2D eigenvalue weighted by atomic mass is 9.48. The van der Waals surface area contributed by atoms with Crippen molar-refractivity contribution in [3.8, 4) is 0 Å². The molecule has 0 radical (unpaired) electrons. The Balaban J connectivity index is 1.43. The number of rotatable bonds is 7. The maximum Gasteiger partial charge on any atom is 0.338 e. The molecule has 34 heavy (non-hydrogen) atoms. The minimum atomic E-state index is -0.528. The van der Waals surface area contributed by atoms with Crippen LogP contribution in [0.1, 0.15) is 75.1 Å². The minimum Gasteiger partial charge on any atom is -0.463 e. The second-order valence-corrected chi connectivity index (χ2v) is 11.4. The van der Waals surface area contributed by atoms with E-state index in [2.05, 4.69) is 22.9 Å². The Morgan fingerprint density at radius 3 is 2.41 bits per heavy atom. The average molecular weight is 466 g/mol. The quantitative estimate of drug-likeness (QED) is 0.512. The second-order valence-electron chi connectivity index (χ2n) is 11.4. The van der Waals surface area contributed by atoms with Crippen LogP contribution in [0.5, 0.6) is 0 Å². The van der Waals surface area contributed by atoms with Crippen LogP contribution in [-0.4, -0.2) is 31.2 Å². The van der Waals surface area contributed by atoms with Crippen LogP contribution in [0, 0.1) is 37.0 Å². The zero-order chi connectivity index (χ0) is 24.0. The molecule has 4 fully saturated rings. The maximum absolute atomic E-state index is 13.2. The van der Waals surface area contributed by atoms with Gasteiger partial charge in [0.05, 0.1) is 18.2 Å². The number of amides is 2. The highest BCUT2D eigenvalue weighted by Gasteiger charge is 2.53. The zero-order valence-corrected chi connectivity index (χ0v) is 21.0. The Labute approximate surface area is 203 Å². The lowest BCUT2D eigenvalue weighted by Gasteiger charge is -2.59. The van der Waals surface area contributed by atoms with Crippen molar-refractivity contribution in [3.63, 3.8) is 0 Å². The highest BCUT2D eigenvalue weighted by molar-refractivity contribution is 5.95. The Hall–Kier alpha value is -2.34. The molecule has 1 aliphatic heterocycles. The van der Waals surface area contributed by atoms with E-state index < -0.39 is 6.04 Å². The van der Waals surface area contributed by atoms with Crippen LogP contribution in [0.4, 0.5) is 4.79 Å². The fourth-order valence-corrected chi connectivity index (χ4v) is 7.69. The van der Waals surface area contributed by atoms with Gasteiger partial charge in [0.15, 0.2) is 0 Å². The van der Waals surface area contributed by atoms with Crippen molar-refractivity contribution in [1.82, 2.24) is 16.0 Å². The van der Waals surface area contributed by atoms with E-state index in [-0.39, 0.29) is 12.0 Å². The molecular formula is C28H39N3O3. The zero-order valence-electron chi connectivity index (χ0n) is 21.0.